The Morgan fingerprint density at radius 1 is 1.53 bits per heavy atom. The Hall–Kier alpha value is -1.53. The molecule has 0 saturated heterocycles. The van der Waals surface area contributed by atoms with Crippen LogP contribution in [0, 0.1) is 6.57 Å². The third-order valence-electron chi connectivity index (χ3n) is 1.97. The molecule has 0 radical (unpaired) electrons. The molecular weight excluding hydrogens is 214 g/mol. The maximum Gasteiger partial charge on any atom is 0.390 e. The van der Waals surface area contributed by atoms with Crippen LogP contribution < -0.4 is 0 Å². The van der Waals surface area contributed by atoms with Crippen molar-refractivity contribution in [3.05, 3.63) is 46.3 Å². The lowest BCUT2D eigenvalue weighted by Gasteiger charge is -2.03. The summed E-state index contributed by atoms with van der Waals surface area (Å²) in [5.41, 5.74) is 0.894. The minimum Gasteiger partial charge on any atom is -0.463 e. The predicted octanol–water partition coefficient (Wildman–Crippen LogP) is 2.34. The molecule has 0 unspecified atom stereocenters. The van der Waals surface area contributed by atoms with E-state index < -0.39 is 12.0 Å². The van der Waals surface area contributed by atoms with Crippen LogP contribution in [0.1, 0.15) is 5.56 Å². The first-order valence-corrected chi connectivity index (χ1v) is 4.74. The second kappa shape index (κ2) is 5.38. The third kappa shape index (κ3) is 3.26. The van der Waals surface area contributed by atoms with E-state index in [4.69, 9.17) is 18.2 Å². The van der Waals surface area contributed by atoms with Gasteiger partial charge < -0.3 is 9.58 Å². The molecule has 0 aromatic heterocycles. The van der Waals surface area contributed by atoms with Crippen molar-refractivity contribution in [2.75, 3.05) is 7.11 Å². The Labute approximate surface area is 93.4 Å². The molecule has 0 bridgehead atoms. The van der Waals surface area contributed by atoms with Crippen LogP contribution in [-0.4, -0.2) is 19.1 Å². The van der Waals surface area contributed by atoms with E-state index in [1.165, 1.54) is 7.11 Å². The fraction of sp³-hybridized carbons (Fsp3) is 0.273. The number of esters is 1. The molecule has 0 aliphatic rings. The van der Waals surface area contributed by atoms with E-state index in [-0.39, 0.29) is 0 Å². The second-order valence-electron chi connectivity index (χ2n) is 3.00. The molecule has 0 aliphatic carbocycles. The monoisotopic (exact) mass is 223 g/mol. The summed E-state index contributed by atoms with van der Waals surface area (Å²) in [5, 5.41) is 0.635. The molecule has 0 heterocycles. The van der Waals surface area contributed by atoms with Gasteiger partial charge in [0, 0.05) is 5.02 Å². The maximum atomic E-state index is 11.2. The summed E-state index contributed by atoms with van der Waals surface area (Å²) in [6.07, 6.45) is 0.355. The van der Waals surface area contributed by atoms with E-state index in [0.29, 0.717) is 11.4 Å². The molecule has 0 N–H and O–H groups in total. The summed E-state index contributed by atoms with van der Waals surface area (Å²) in [6, 6.07) is 6.29. The lowest BCUT2D eigenvalue weighted by atomic mass is 10.1. The summed E-state index contributed by atoms with van der Waals surface area (Å²) >= 11 is 5.72. The highest BCUT2D eigenvalue weighted by molar-refractivity contribution is 6.30. The molecule has 15 heavy (non-hydrogen) atoms. The Kier molecular flexibility index (Phi) is 4.14. The van der Waals surface area contributed by atoms with Crippen LogP contribution in [0.2, 0.25) is 5.02 Å². The van der Waals surface area contributed by atoms with E-state index in [2.05, 4.69) is 9.58 Å². The van der Waals surface area contributed by atoms with Gasteiger partial charge in [0.15, 0.2) is 0 Å². The van der Waals surface area contributed by atoms with Crippen molar-refractivity contribution in [1.29, 1.82) is 0 Å². The predicted molar refractivity (Wildman–Crippen MR) is 57.6 cm³/mol. The number of carbonyl (C=O) groups excluding carboxylic acids is 1. The Morgan fingerprint density at radius 3 is 2.60 bits per heavy atom. The first-order valence-electron chi connectivity index (χ1n) is 4.36. The third-order valence-corrected chi connectivity index (χ3v) is 2.22. The molecule has 0 amide bonds. The van der Waals surface area contributed by atoms with Crippen molar-refractivity contribution < 1.29 is 9.53 Å². The molecule has 0 fully saturated rings. The Morgan fingerprint density at radius 2 is 2.13 bits per heavy atom. The van der Waals surface area contributed by atoms with Crippen LogP contribution in [0.4, 0.5) is 0 Å². The number of hydrogen-bond donors (Lipinski definition) is 0. The summed E-state index contributed by atoms with van der Waals surface area (Å²) in [4.78, 5) is 14.4. The van der Waals surface area contributed by atoms with Gasteiger partial charge in [-0.05, 0) is 17.7 Å². The zero-order chi connectivity index (χ0) is 11.3. The van der Waals surface area contributed by atoms with Gasteiger partial charge in [-0.2, -0.15) is 0 Å². The van der Waals surface area contributed by atoms with E-state index >= 15 is 0 Å². The van der Waals surface area contributed by atoms with Crippen LogP contribution in [-0.2, 0) is 16.0 Å². The van der Waals surface area contributed by atoms with Gasteiger partial charge in [-0.1, -0.05) is 23.7 Å². The average Bonchev–Trinajstić information content (AvgIpc) is 2.27. The van der Waals surface area contributed by atoms with Crippen LogP contribution >= 0.6 is 11.6 Å². The SMILES string of the molecule is [C-]#[N+][C@H](Cc1ccc(Cl)cc1)C(=O)OC. The minimum atomic E-state index is -0.767. The molecule has 3 nitrogen and oxygen atoms in total. The zero-order valence-electron chi connectivity index (χ0n) is 8.24. The van der Waals surface area contributed by atoms with Crippen molar-refractivity contribution in [3.63, 3.8) is 0 Å². The van der Waals surface area contributed by atoms with Crippen LogP contribution in [0.3, 0.4) is 0 Å². The van der Waals surface area contributed by atoms with E-state index in [0.717, 1.165) is 5.56 Å². The van der Waals surface area contributed by atoms with Gasteiger partial charge in [0.2, 0.25) is 0 Å². The van der Waals surface area contributed by atoms with Crippen LogP contribution in [0.15, 0.2) is 24.3 Å². The molecule has 1 aromatic carbocycles. The number of ether oxygens (including phenoxy) is 1. The molecular formula is C11H10ClNO2. The topological polar surface area (TPSA) is 30.7 Å². The molecule has 78 valence electrons. The second-order valence-corrected chi connectivity index (χ2v) is 3.44. The van der Waals surface area contributed by atoms with Gasteiger partial charge in [-0.15, -0.1) is 0 Å². The standard InChI is InChI=1S/C11H10ClNO2/c1-13-10(11(14)15-2)7-8-3-5-9(12)6-4-8/h3-6,10H,7H2,2H3/t10-/m1/s1. The summed E-state index contributed by atoms with van der Waals surface area (Å²) in [5.74, 6) is -0.500. The maximum absolute atomic E-state index is 11.2. The van der Waals surface area contributed by atoms with Gasteiger partial charge in [0.1, 0.15) is 0 Å². The lowest BCUT2D eigenvalue weighted by molar-refractivity contribution is -0.141. The number of hydrogen-bond acceptors (Lipinski definition) is 2. The van der Waals surface area contributed by atoms with Crippen LogP contribution in [0.5, 0.6) is 0 Å². The number of nitrogens with zero attached hydrogens (tertiary/aromatic N) is 1. The highest BCUT2D eigenvalue weighted by Crippen LogP contribution is 2.12. The van der Waals surface area contributed by atoms with E-state index in [1.807, 2.05) is 0 Å². The highest BCUT2D eigenvalue weighted by atomic mass is 35.5. The van der Waals surface area contributed by atoms with Crippen molar-refractivity contribution >= 4 is 17.6 Å². The van der Waals surface area contributed by atoms with Gasteiger partial charge >= 0.3 is 12.0 Å². The Bertz CT molecular complexity index is 381. The van der Waals surface area contributed by atoms with Gasteiger partial charge in [-0.25, -0.2) is 11.4 Å². The molecule has 0 aliphatic heterocycles. The smallest absolute Gasteiger partial charge is 0.390 e. The fourth-order valence-electron chi connectivity index (χ4n) is 1.16. The summed E-state index contributed by atoms with van der Waals surface area (Å²) < 4.78 is 4.52. The first-order chi connectivity index (χ1) is 7.17. The van der Waals surface area contributed by atoms with Gasteiger partial charge in [0.25, 0.3) is 0 Å². The summed E-state index contributed by atoms with van der Waals surface area (Å²) in [7, 11) is 1.28. The van der Waals surface area contributed by atoms with Crippen molar-refractivity contribution in [2.45, 2.75) is 12.5 Å². The molecule has 0 saturated carbocycles. The molecule has 1 rings (SSSR count). The minimum absolute atomic E-state index is 0.355. The zero-order valence-corrected chi connectivity index (χ0v) is 8.99. The number of methoxy groups -OCH3 is 1. The van der Waals surface area contributed by atoms with E-state index in [9.17, 15) is 4.79 Å². The quantitative estimate of drug-likeness (QED) is 0.582. The van der Waals surface area contributed by atoms with Gasteiger partial charge in [0.05, 0.1) is 13.5 Å². The Balaban J connectivity index is 2.72. The normalized spacial score (nSPS) is 11.5. The van der Waals surface area contributed by atoms with Crippen LogP contribution in [0.25, 0.3) is 4.85 Å². The van der Waals surface area contributed by atoms with Gasteiger partial charge in [-0.3, -0.25) is 0 Å². The largest absolute Gasteiger partial charge is 0.463 e. The van der Waals surface area contributed by atoms with E-state index in [1.54, 1.807) is 24.3 Å². The van der Waals surface area contributed by atoms with Crippen molar-refractivity contribution in [2.24, 2.45) is 0 Å². The highest BCUT2D eigenvalue weighted by Gasteiger charge is 2.24. The molecule has 4 heteroatoms. The summed E-state index contributed by atoms with van der Waals surface area (Å²) in [6.45, 7) is 6.88. The average molecular weight is 224 g/mol. The number of benzene rings is 1. The van der Waals surface area contributed by atoms with Crippen molar-refractivity contribution in [1.82, 2.24) is 0 Å². The molecule has 0 spiro atoms. The molecule has 1 atom stereocenters. The number of halogens is 1. The first kappa shape index (κ1) is 11.5. The number of rotatable bonds is 3. The number of carbonyl (C=O) groups is 1. The molecule has 1 aromatic rings. The lowest BCUT2D eigenvalue weighted by Crippen LogP contribution is -2.20. The van der Waals surface area contributed by atoms with Crippen molar-refractivity contribution in [3.8, 4) is 0 Å². The fourth-order valence-corrected chi connectivity index (χ4v) is 1.29.